The number of hydrogen-bond donors (Lipinski definition) is 0. The molecule has 0 bridgehead atoms. The minimum atomic E-state index is -0.693. The Hall–Kier alpha value is -4.34. The van der Waals surface area contributed by atoms with Crippen LogP contribution in [0.5, 0.6) is 17.2 Å². The van der Waals surface area contributed by atoms with Gasteiger partial charge in [0, 0.05) is 0 Å². The van der Waals surface area contributed by atoms with Crippen molar-refractivity contribution >= 4 is 35.0 Å². The highest BCUT2D eigenvalue weighted by Crippen LogP contribution is 2.31. The molecule has 0 aliphatic carbocycles. The molecule has 4 aromatic rings. The molecule has 42 heavy (non-hydrogen) atoms. The van der Waals surface area contributed by atoms with Crippen molar-refractivity contribution in [3.05, 3.63) is 120 Å². The zero-order valence-corrected chi connectivity index (χ0v) is 24.9. The van der Waals surface area contributed by atoms with E-state index in [1.807, 2.05) is 48.5 Å². The van der Waals surface area contributed by atoms with Crippen LogP contribution in [-0.2, 0) is 9.53 Å². The lowest BCUT2D eigenvalue weighted by atomic mass is 9.96. The second-order valence-corrected chi connectivity index (χ2v) is 10.7. The number of nitrogens with zero attached hydrogens (tertiary/aromatic N) is 2. The van der Waals surface area contributed by atoms with Crippen LogP contribution in [0.1, 0.15) is 31.0 Å². The second-order valence-electron chi connectivity index (χ2n) is 9.28. The second kappa shape index (κ2) is 13.1. The fourth-order valence-corrected chi connectivity index (χ4v) is 5.85. The van der Waals surface area contributed by atoms with Crippen molar-refractivity contribution in [3.63, 3.8) is 0 Å². The molecule has 10 heteroatoms. The van der Waals surface area contributed by atoms with Crippen molar-refractivity contribution in [1.82, 2.24) is 4.57 Å². The van der Waals surface area contributed by atoms with Crippen LogP contribution in [0.3, 0.4) is 0 Å². The van der Waals surface area contributed by atoms with E-state index in [9.17, 15) is 9.59 Å². The lowest BCUT2D eigenvalue weighted by Crippen LogP contribution is -2.39. The van der Waals surface area contributed by atoms with E-state index in [-0.39, 0.29) is 12.2 Å². The Morgan fingerprint density at radius 1 is 1.02 bits per heavy atom. The van der Waals surface area contributed by atoms with Gasteiger partial charge in [0.15, 0.2) is 4.80 Å². The lowest BCUT2D eigenvalue weighted by molar-refractivity contribution is -0.139. The number of carbonyl (C=O) groups excluding carboxylic acids is 1. The summed E-state index contributed by atoms with van der Waals surface area (Å²) in [7, 11) is 1.58. The number of ether oxygens (including phenoxy) is 4. The van der Waals surface area contributed by atoms with E-state index in [0.29, 0.717) is 56.1 Å². The molecule has 2 heterocycles. The van der Waals surface area contributed by atoms with Crippen LogP contribution in [0.25, 0.3) is 6.08 Å². The smallest absolute Gasteiger partial charge is 0.338 e. The number of carbonyl (C=O) groups is 1. The Labute approximate surface area is 251 Å². The van der Waals surface area contributed by atoms with Crippen LogP contribution < -0.4 is 29.1 Å². The number of thiazole rings is 1. The molecular formula is C32H29ClN2O6S. The van der Waals surface area contributed by atoms with Gasteiger partial charge in [-0.3, -0.25) is 9.36 Å². The van der Waals surface area contributed by atoms with Crippen molar-refractivity contribution in [2.45, 2.75) is 19.9 Å². The minimum absolute atomic E-state index is 0.208. The number of para-hydroxylation sites is 1. The Kier molecular flexibility index (Phi) is 9.09. The summed E-state index contributed by atoms with van der Waals surface area (Å²) >= 11 is 7.40. The summed E-state index contributed by atoms with van der Waals surface area (Å²) in [5.41, 5.74) is 2.11. The quantitative estimate of drug-likeness (QED) is 0.189. The molecule has 3 aromatic carbocycles. The van der Waals surface area contributed by atoms with Gasteiger partial charge in [0.05, 0.1) is 40.6 Å². The van der Waals surface area contributed by atoms with Crippen molar-refractivity contribution in [2.75, 3.05) is 26.9 Å². The molecule has 0 fully saturated rings. The fraction of sp³-hybridized carbons (Fsp3) is 0.219. The van der Waals surface area contributed by atoms with Gasteiger partial charge < -0.3 is 18.9 Å². The molecule has 0 N–H and O–H groups in total. The molecule has 216 valence electrons. The first-order valence-corrected chi connectivity index (χ1v) is 14.5. The van der Waals surface area contributed by atoms with Gasteiger partial charge in [-0.25, -0.2) is 9.79 Å². The molecule has 5 rings (SSSR count). The van der Waals surface area contributed by atoms with Gasteiger partial charge in [0.2, 0.25) is 0 Å². The van der Waals surface area contributed by atoms with Crippen molar-refractivity contribution in [3.8, 4) is 17.2 Å². The number of allylic oxidation sites excluding steroid dienone is 1. The molecule has 1 unspecified atom stereocenters. The zero-order chi connectivity index (χ0) is 29.6. The third-order valence-electron chi connectivity index (χ3n) is 6.55. The summed E-state index contributed by atoms with van der Waals surface area (Å²) in [6.07, 6.45) is 1.80. The normalized spacial score (nSPS) is 14.7. The third kappa shape index (κ3) is 6.27. The predicted molar refractivity (Wildman–Crippen MR) is 162 cm³/mol. The minimum Gasteiger partial charge on any atom is -0.497 e. The molecule has 0 saturated heterocycles. The van der Waals surface area contributed by atoms with Gasteiger partial charge in [-0.2, -0.15) is 0 Å². The highest BCUT2D eigenvalue weighted by Gasteiger charge is 2.33. The van der Waals surface area contributed by atoms with E-state index in [0.717, 1.165) is 11.1 Å². The van der Waals surface area contributed by atoms with Crippen LogP contribution in [-0.4, -0.2) is 37.5 Å². The number of benzene rings is 3. The topological polar surface area (TPSA) is 88.4 Å². The maximum atomic E-state index is 13.8. The van der Waals surface area contributed by atoms with Gasteiger partial charge in [0.25, 0.3) is 5.56 Å². The number of rotatable bonds is 10. The number of methoxy groups -OCH3 is 1. The van der Waals surface area contributed by atoms with E-state index in [2.05, 4.69) is 4.99 Å². The van der Waals surface area contributed by atoms with Crippen LogP contribution >= 0.6 is 22.9 Å². The van der Waals surface area contributed by atoms with Gasteiger partial charge in [-0.05, 0) is 67.4 Å². The number of fused-ring (bicyclic) bond motifs is 1. The summed E-state index contributed by atoms with van der Waals surface area (Å²) in [4.78, 5) is 32.0. The molecule has 0 radical (unpaired) electrons. The van der Waals surface area contributed by atoms with Crippen molar-refractivity contribution in [1.29, 1.82) is 0 Å². The average molecular weight is 605 g/mol. The van der Waals surface area contributed by atoms with Crippen molar-refractivity contribution < 1.29 is 23.7 Å². The Morgan fingerprint density at radius 3 is 2.52 bits per heavy atom. The highest BCUT2D eigenvalue weighted by atomic mass is 35.5. The van der Waals surface area contributed by atoms with E-state index in [1.165, 1.54) is 11.3 Å². The van der Waals surface area contributed by atoms with E-state index in [4.69, 9.17) is 30.5 Å². The highest BCUT2D eigenvalue weighted by molar-refractivity contribution is 7.07. The van der Waals surface area contributed by atoms with E-state index < -0.39 is 12.0 Å². The largest absolute Gasteiger partial charge is 0.497 e. The molecule has 1 aliphatic rings. The van der Waals surface area contributed by atoms with Crippen molar-refractivity contribution in [2.24, 2.45) is 4.99 Å². The maximum absolute atomic E-state index is 13.8. The predicted octanol–water partition coefficient (Wildman–Crippen LogP) is 4.92. The fourth-order valence-electron chi connectivity index (χ4n) is 4.61. The van der Waals surface area contributed by atoms with Gasteiger partial charge in [0.1, 0.15) is 30.5 Å². The number of aromatic nitrogens is 1. The summed E-state index contributed by atoms with van der Waals surface area (Å²) in [6.45, 7) is 4.35. The van der Waals surface area contributed by atoms with Crippen LogP contribution in [0.2, 0.25) is 5.02 Å². The molecule has 0 amide bonds. The molecular weight excluding hydrogens is 576 g/mol. The molecule has 1 aliphatic heterocycles. The molecule has 8 nitrogen and oxygen atoms in total. The van der Waals surface area contributed by atoms with Crippen LogP contribution in [0.15, 0.2) is 93.9 Å². The SMILES string of the molecule is CCOC(=O)C1=C(C)N=c2s/c(=C\c3cccc(OCCOc4ccccc4Cl)c3)c(=O)n2C1c1ccc(OC)cc1. The van der Waals surface area contributed by atoms with Crippen LogP contribution in [0.4, 0.5) is 0 Å². The first-order chi connectivity index (χ1) is 20.4. The Morgan fingerprint density at radius 2 is 1.79 bits per heavy atom. The first-order valence-electron chi connectivity index (χ1n) is 13.3. The summed E-state index contributed by atoms with van der Waals surface area (Å²) in [6, 6.07) is 21.3. The monoisotopic (exact) mass is 604 g/mol. The lowest BCUT2D eigenvalue weighted by Gasteiger charge is -2.24. The number of esters is 1. The van der Waals surface area contributed by atoms with Crippen LogP contribution in [0, 0.1) is 0 Å². The zero-order valence-electron chi connectivity index (χ0n) is 23.3. The van der Waals surface area contributed by atoms with Gasteiger partial charge in [-0.1, -0.05) is 59.3 Å². The Balaban J connectivity index is 1.44. The number of hydrogen-bond acceptors (Lipinski definition) is 8. The van der Waals surface area contributed by atoms with Gasteiger partial charge >= 0.3 is 5.97 Å². The Bertz CT molecular complexity index is 1810. The number of halogens is 1. The average Bonchev–Trinajstić information content (AvgIpc) is 3.29. The van der Waals surface area contributed by atoms with E-state index in [1.54, 1.807) is 55.9 Å². The summed E-state index contributed by atoms with van der Waals surface area (Å²) in [5.74, 6) is 1.40. The molecule has 1 aromatic heterocycles. The molecule has 0 saturated carbocycles. The van der Waals surface area contributed by atoms with Gasteiger partial charge in [-0.15, -0.1) is 0 Å². The maximum Gasteiger partial charge on any atom is 0.338 e. The van der Waals surface area contributed by atoms with E-state index >= 15 is 0 Å². The molecule has 0 spiro atoms. The third-order valence-corrected chi connectivity index (χ3v) is 7.85. The summed E-state index contributed by atoms with van der Waals surface area (Å²) < 4.78 is 24.3. The molecule has 1 atom stereocenters. The standard InChI is InChI=1S/C32H29ClN2O6S/c1-4-39-31(37)28-20(2)34-32-35(29(28)22-12-14-23(38-3)15-13-22)30(36)27(42-32)19-21-8-7-9-24(18-21)40-16-17-41-26-11-6-5-10-25(26)33/h5-15,18-19,29H,4,16-17H2,1-3H3/b27-19-. The first kappa shape index (κ1) is 29.2. The summed E-state index contributed by atoms with van der Waals surface area (Å²) in [5, 5.41) is 0.541.